The predicted octanol–water partition coefficient (Wildman–Crippen LogP) is 2.93. The van der Waals surface area contributed by atoms with Crippen LogP contribution in [0.4, 0.5) is 0 Å². The Balaban J connectivity index is 0.00000225. The number of hydrogen-bond acceptors (Lipinski definition) is 2. The summed E-state index contributed by atoms with van der Waals surface area (Å²) in [6.45, 7) is 0. The highest BCUT2D eigenvalue weighted by Crippen LogP contribution is 2.53. The van der Waals surface area contributed by atoms with Crippen LogP contribution >= 0.6 is 0 Å². The number of imidazole rings is 1. The van der Waals surface area contributed by atoms with Crippen LogP contribution in [0.2, 0.25) is 0 Å². The van der Waals surface area contributed by atoms with Crippen molar-refractivity contribution in [3.05, 3.63) is 126 Å². The van der Waals surface area contributed by atoms with Gasteiger partial charge in [-0.3, -0.25) is 0 Å². The zero-order valence-corrected chi connectivity index (χ0v) is 22.8. The van der Waals surface area contributed by atoms with Gasteiger partial charge in [0.05, 0.1) is 0 Å². The summed E-state index contributed by atoms with van der Waals surface area (Å²) in [7, 11) is 0. The SMILES string of the molecule is [I-].c1ccc(-c2cccc3c2[C@@H]2[C@H](C3)Oc3c4[n+](cn32)[C@@H]2c3c(cccc3-c3ccccc3)C[C@@H]2O4)cc1. The van der Waals surface area contributed by atoms with E-state index in [0.717, 1.165) is 24.6 Å². The van der Waals surface area contributed by atoms with E-state index in [1.165, 1.54) is 44.5 Å². The molecule has 0 unspecified atom stereocenters. The van der Waals surface area contributed by atoms with Gasteiger partial charge in [-0.1, -0.05) is 97.1 Å². The molecule has 4 aromatic carbocycles. The monoisotopic (exact) mass is 608 g/mol. The molecule has 0 spiro atoms. The van der Waals surface area contributed by atoms with Crippen molar-refractivity contribution in [2.24, 2.45) is 0 Å². The van der Waals surface area contributed by atoms with Gasteiger partial charge in [-0.2, -0.15) is 9.13 Å². The molecule has 0 fully saturated rings. The topological polar surface area (TPSA) is 27.3 Å². The first-order chi connectivity index (χ1) is 18.3. The molecule has 38 heavy (non-hydrogen) atoms. The minimum Gasteiger partial charge on any atom is -1.00 e. The van der Waals surface area contributed by atoms with Gasteiger partial charge >= 0.3 is 11.8 Å². The average molecular weight is 608 g/mol. The molecule has 4 aliphatic rings. The molecule has 1 aromatic heterocycles. The quantitative estimate of drug-likeness (QED) is 0.228. The normalized spacial score (nSPS) is 22.7. The van der Waals surface area contributed by atoms with Crippen LogP contribution < -0.4 is 38.0 Å². The van der Waals surface area contributed by atoms with E-state index in [1.54, 1.807) is 0 Å². The number of rotatable bonds is 2. The van der Waals surface area contributed by atoms with E-state index in [4.69, 9.17) is 9.47 Å². The van der Waals surface area contributed by atoms with E-state index in [-0.39, 0.29) is 48.3 Å². The smallest absolute Gasteiger partial charge is 0.373 e. The summed E-state index contributed by atoms with van der Waals surface area (Å²) < 4.78 is 18.0. The second kappa shape index (κ2) is 8.21. The van der Waals surface area contributed by atoms with Crippen molar-refractivity contribution in [2.45, 2.75) is 37.1 Å². The molecule has 0 N–H and O–H groups in total. The van der Waals surface area contributed by atoms with E-state index in [1.807, 2.05) is 0 Å². The van der Waals surface area contributed by atoms with Crippen LogP contribution in [0.3, 0.4) is 0 Å². The maximum atomic E-state index is 6.67. The highest BCUT2D eigenvalue weighted by atomic mass is 127. The summed E-state index contributed by atoms with van der Waals surface area (Å²) in [6, 6.07) is 35.2. The molecule has 4 nitrogen and oxygen atoms in total. The average Bonchev–Trinajstić information content (AvgIpc) is 3.72. The van der Waals surface area contributed by atoms with Crippen LogP contribution in [0.5, 0.6) is 11.8 Å². The minimum atomic E-state index is 0. The second-order valence-corrected chi connectivity index (χ2v) is 10.6. The van der Waals surface area contributed by atoms with Crippen LogP contribution in [-0.2, 0) is 12.8 Å². The Labute approximate surface area is 238 Å². The van der Waals surface area contributed by atoms with Crippen LogP contribution in [-0.4, -0.2) is 16.8 Å². The van der Waals surface area contributed by atoms with Crippen molar-refractivity contribution >= 4 is 0 Å². The van der Waals surface area contributed by atoms with Gasteiger partial charge in [0, 0.05) is 24.0 Å². The summed E-state index contributed by atoms with van der Waals surface area (Å²) in [4.78, 5) is 0. The Hall–Kier alpha value is -3.58. The standard InChI is InChI=1S/C33H25N2O2.HI/c1-3-9-20(10-4-1)24-15-7-13-22-17-26-30(28(22)24)34-19-35-31-27(37-33(35)32(34)36-26)18-23-14-8-16-25(29(23)31)21-11-5-2-6-12-21;/h1-16,19,26-27,30-31H,17-18H2;1H/q+1;/p-1/t26-,27-,30-,31-;/m0./s1. The molecule has 4 atom stereocenters. The molecule has 0 amide bonds. The number of aromatic nitrogens is 2. The molecular weight excluding hydrogens is 583 g/mol. The largest absolute Gasteiger partial charge is 1.00 e. The van der Waals surface area contributed by atoms with E-state index in [2.05, 4.69) is 113 Å². The number of nitrogens with zero attached hydrogens (tertiary/aromatic N) is 2. The zero-order chi connectivity index (χ0) is 24.1. The van der Waals surface area contributed by atoms with E-state index < -0.39 is 0 Å². The van der Waals surface area contributed by atoms with Crippen molar-refractivity contribution in [1.82, 2.24) is 4.57 Å². The number of benzene rings is 4. The third kappa shape index (κ3) is 2.94. The van der Waals surface area contributed by atoms with E-state index in [9.17, 15) is 0 Å². The lowest BCUT2D eigenvalue weighted by Gasteiger charge is -2.14. The van der Waals surface area contributed by atoms with E-state index in [0.29, 0.717) is 0 Å². The second-order valence-electron chi connectivity index (χ2n) is 10.6. The number of hydrogen-bond donors (Lipinski definition) is 0. The molecule has 0 radical (unpaired) electrons. The van der Waals surface area contributed by atoms with E-state index >= 15 is 0 Å². The van der Waals surface area contributed by atoms with Gasteiger partial charge in [0.25, 0.3) is 6.33 Å². The maximum Gasteiger partial charge on any atom is 0.373 e. The third-order valence-corrected chi connectivity index (χ3v) is 8.73. The van der Waals surface area contributed by atoms with Crippen molar-refractivity contribution < 1.29 is 38.0 Å². The Kier molecular flexibility index (Phi) is 4.84. The Morgan fingerprint density at radius 2 is 1.24 bits per heavy atom. The number of fused-ring (bicyclic) bond motifs is 11. The molecule has 186 valence electrons. The molecule has 9 rings (SSSR count). The fourth-order valence-corrected chi connectivity index (χ4v) is 7.26. The lowest BCUT2D eigenvalue weighted by Crippen LogP contribution is -3.00. The van der Waals surface area contributed by atoms with Crippen LogP contribution in [0.25, 0.3) is 22.3 Å². The molecule has 2 aliphatic heterocycles. The Morgan fingerprint density at radius 1 is 0.632 bits per heavy atom. The Bertz CT molecular complexity index is 1590. The summed E-state index contributed by atoms with van der Waals surface area (Å²) in [5.74, 6) is 1.77. The van der Waals surface area contributed by atoms with Crippen molar-refractivity contribution in [1.29, 1.82) is 0 Å². The van der Waals surface area contributed by atoms with Gasteiger partial charge in [-0.25, -0.2) is 0 Å². The fourth-order valence-electron chi connectivity index (χ4n) is 7.26. The van der Waals surface area contributed by atoms with Gasteiger partial charge < -0.3 is 33.5 Å². The first-order valence-corrected chi connectivity index (χ1v) is 13.2. The Morgan fingerprint density at radius 3 is 1.92 bits per heavy atom. The molecule has 0 saturated heterocycles. The first-order valence-electron chi connectivity index (χ1n) is 13.2. The van der Waals surface area contributed by atoms with Crippen molar-refractivity contribution in [3.63, 3.8) is 0 Å². The predicted molar refractivity (Wildman–Crippen MR) is 141 cm³/mol. The molecule has 3 heterocycles. The van der Waals surface area contributed by atoms with Gasteiger partial charge in [0.1, 0.15) is 0 Å². The molecule has 5 heteroatoms. The van der Waals surface area contributed by atoms with Gasteiger partial charge in [-0.15, -0.1) is 0 Å². The van der Waals surface area contributed by atoms with Gasteiger partial charge in [0.15, 0.2) is 24.3 Å². The van der Waals surface area contributed by atoms with Crippen LogP contribution in [0, 0.1) is 0 Å². The van der Waals surface area contributed by atoms with Gasteiger partial charge in [-0.05, 0) is 33.4 Å². The summed E-state index contributed by atoms with van der Waals surface area (Å²) in [5.41, 5.74) is 10.7. The summed E-state index contributed by atoms with van der Waals surface area (Å²) in [5, 5.41) is 0. The highest BCUT2D eigenvalue weighted by Gasteiger charge is 2.56. The highest BCUT2D eigenvalue weighted by molar-refractivity contribution is 5.72. The lowest BCUT2D eigenvalue weighted by atomic mass is 9.94. The fraction of sp³-hybridized carbons (Fsp3) is 0.182. The molecule has 5 aromatic rings. The molecule has 2 aliphatic carbocycles. The van der Waals surface area contributed by atoms with Crippen molar-refractivity contribution in [2.75, 3.05) is 0 Å². The third-order valence-electron chi connectivity index (χ3n) is 8.73. The molecule has 0 saturated carbocycles. The number of halogens is 1. The minimum absolute atomic E-state index is 0. The molecule has 0 bridgehead atoms. The summed E-state index contributed by atoms with van der Waals surface area (Å²) in [6.07, 6.45) is 4.34. The molecular formula is C33H25IN2O2. The first kappa shape index (κ1) is 22.4. The zero-order valence-electron chi connectivity index (χ0n) is 20.6. The number of ether oxygens (including phenoxy) is 2. The lowest BCUT2D eigenvalue weighted by molar-refractivity contribution is -0.697. The summed E-state index contributed by atoms with van der Waals surface area (Å²) >= 11 is 0. The van der Waals surface area contributed by atoms with Crippen LogP contribution in [0.15, 0.2) is 103 Å². The van der Waals surface area contributed by atoms with Crippen LogP contribution in [0.1, 0.15) is 34.3 Å². The van der Waals surface area contributed by atoms with Crippen molar-refractivity contribution in [3.8, 4) is 34.0 Å². The maximum absolute atomic E-state index is 6.67. The van der Waals surface area contributed by atoms with Gasteiger partial charge in [0.2, 0.25) is 0 Å².